The van der Waals surface area contributed by atoms with E-state index < -0.39 is 0 Å². The lowest BCUT2D eigenvalue weighted by Crippen LogP contribution is -2.28. The van der Waals surface area contributed by atoms with Crippen LogP contribution in [-0.2, 0) is 4.79 Å². The van der Waals surface area contributed by atoms with Crippen LogP contribution >= 0.6 is 11.8 Å². The second-order valence-electron chi connectivity index (χ2n) is 5.71. The zero-order chi connectivity index (χ0) is 17.4. The first-order chi connectivity index (χ1) is 12.2. The summed E-state index contributed by atoms with van der Waals surface area (Å²) in [6.07, 6.45) is 0.232. The highest BCUT2D eigenvalue weighted by molar-refractivity contribution is 8.03. The van der Waals surface area contributed by atoms with Crippen LogP contribution in [0.4, 0.5) is 11.4 Å². The number of ether oxygens (including phenoxy) is 1. The van der Waals surface area contributed by atoms with E-state index in [4.69, 9.17) is 10.1 Å². The Kier molecular flexibility index (Phi) is 3.97. The summed E-state index contributed by atoms with van der Waals surface area (Å²) < 4.78 is 5.44. The zero-order valence-corrected chi connectivity index (χ0v) is 14.5. The van der Waals surface area contributed by atoms with Gasteiger partial charge in [-0.2, -0.15) is 0 Å². The van der Waals surface area contributed by atoms with E-state index in [9.17, 15) is 4.79 Å². The molecule has 2 aromatic rings. The summed E-state index contributed by atoms with van der Waals surface area (Å²) in [6, 6.07) is 15.3. The molecule has 6 heteroatoms. The lowest BCUT2D eigenvalue weighted by Gasteiger charge is -2.16. The van der Waals surface area contributed by atoms with Gasteiger partial charge >= 0.3 is 0 Å². The quantitative estimate of drug-likeness (QED) is 0.868. The molecule has 2 aliphatic heterocycles. The molecular formula is C19H17N3O2S. The summed E-state index contributed by atoms with van der Waals surface area (Å²) in [5, 5.41) is 12.7. The molecule has 0 aromatic heterocycles. The Bertz CT molecular complexity index is 863. The lowest BCUT2D eigenvalue weighted by molar-refractivity contribution is -0.116. The van der Waals surface area contributed by atoms with Crippen molar-refractivity contribution in [3.63, 3.8) is 0 Å². The molecule has 0 saturated carbocycles. The predicted octanol–water partition coefficient (Wildman–Crippen LogP) is 4.23. The van der Waals surface area contributed by atoms with Gasteiger partial charge in [-0.05, 0) is 43.3 Å². The molecule has 2 N–H and O–H groups in total. The number of para-hydroxylation sites is 1. The average Bonchev–Trinajstić information content (AvgIpc) is 3.17. The van der Waals surface area contributed by atoms with E-state index >= 15 is 0 Å². The normalized spacial score (nSPS) is 19.2. The highest BCUT2D eigenvalue weighted by atomic mass is 32.2. The minimum absolute atomic E-state index is 0.0879. The Labute approximate surface area is 150 Å². The number of hydrogen-bond acceptors (Lipinski definition) is 5. The van der Waals surface area contributed by atoms with Gasteiger partial charge in [0, 0.05) is 10.5 Å². The monoisotopic (exact) mass is 351 g/mol. The maximum Gasteiger partial charge on any atom is 0.237 e. The largest absolute Gasteiger partial charge is 0.494 e. The van der Waals surface area contributed by atoms with Gasteiger partial charge in [0.1, 0.15) is 11.6 Å². The molecule has 4 rings (SSSR count). The predicted molar refractivity (Wildman–Crippen MR) is 100 cm³/mol. The average molecular weight is 351 g/mol. The van der Waals surface area contributed by atoms with E-state index in [0.717, 1.165) is 26.9 Å². The summed E-state index contributed by atoms with van der Waals surface area (Å²) in [5.74, 6) is 0.901. The van der Waals surface area contributed by atoms with Gasteiger partial charge in [-0.3, -0.25) is 15.1 Å². The molecular weight excluding hydrogens is 334 g/mol. The molecule has 25 heavy (non-hydrogen) atoms. The van der Waals surface area contributed by atoms with Crippen molar-refractivity contribution in [2.75, 3.05) is 16.8 Å². The number of nitrogens with one attached hydrogen (secondary N) is 2. The number of thioether (sulfide) groups is 1. The molecule has 1 saturated heterocycles. The van der Waals surface area contributed by atoms with Crippen LogP contribution in [-0.4, -0.2) is 18.3 Å². The number of rotatable bonds is 3. The summed E-state index contributed by atoms with van der Waals surface area (Å²) in [5.41, 5.74) is 2.45. The van der Waals surface area contributed by atoms with Crippen LogP contribution in [0, 0.1) is 5.41 Å². The van der Waals surface area contributed by atoms with Gasteiger partial charge in [0.15, 0.2) is 0 Å². The van der Waals surface area contributed by atoms with Crippen molar-refractivity contribution in [1.82, 2.24) is 0 Å². The Morgan fingerprint density at radius 3 is 2.68 bits per heavy atom. The first-order valence-corrected chi connectivity index (χ1v) is 8.91. The number of carbonyl (C=O) groups excluding carboxylic acids is 1. The molecule has 1 amide bonds. The first-order valence-electron chi connectivity index (χ1n) is 8.09. The third-order valence-electron chi connectivity index (χ3n) is 4.11. The van der Waals surface area contributed by atoms with E-state index in [0.29, 0.717) is 12.3 Å². The highest BCUT2D eigenvalue weighted by Gasteiger charge is 2.35. The zero-order valence-electron chi connectivity index (χ0n) is 13.7. The number of carbonyl (C=O) groups is 1. The maximum absolute atomic E-state index is 12.5. The first kappa shape index (κ1) is 15.8. The number of fused-ring (bicyclic) bond motifs is 1. The van der Waals surface area contributed by atoms with Crippen molar-refractivity contribution < 1.29 is 9.53 Å². The Morgan fingerprint density at radius 2 is 1.96 bits per heavy atom. The van der Waals surface area contributed by atoms with Crippen LogP contribution in [0.5, 0.6) is 5.75 Å². The summed E-state index contributed by atoms with van der Waals surface area (Å²) >= 11 is 1.57. The highest BCUT2D eigenvalue weighted by Crippen LogP contribution is 2.44. The van der Waals surface area contributed by atoms with E-state index in [1.807, 2.05) is 55.5 Å². The number of hydrogen-bond donors (Lipinski definition) is 2. The Hall–Kier alpha value is -2.73. The topological polar surface area (TPSA) is 65.4 Å². The number of benzene rings is 2. The molecule has 2 heterocycles. The third-order valence-corrected chi connectivity index (χ3v) is 5.24. The molecule has 5 nitrogen and oxygen atoms in total. The molecule has 1 fully saturated rings. The van der Waals surface area contributed by atoms with E-state index in [1.54, 1.807) is 11.8 Å². The SMILES string of the molecule is CCOc1ccc(N2C(=N)/C(=C3/Nc4ccccc4S3)CC2=O)cc1. The number of nitrogens with zero attached hydrogens (tertiary/aromatic N) is 1. The van der Waals surface area contributed by atoms with Crippen LogP contribution < -0.4 is 15.0 Å². The lowest BCUT2D eigenvalue weighted by atomic mass is 10.2. The van der Waals surface area contributed by atoms with Crippen molar-refractivity contribution in [3.8, 4) is 5.75 Å². The fraction of sp³-hybridized carbons (Fsp3) is 0.158. The van der Waals surface area contributed by atoms with Gasteiger partial charge in [-0.25, -0.2) is 0 Å². The van der Waals surface area contributed by atoms with Crippen LogP contribution in [0.1, 0.15) is 13.3 Å². The van der Waals surface area contributed by atoms with Crippen LogP contribution in [0.2, 0.25) is 0 Å². The van der Waals surface area contributed by atoms with Crippen molar-refractivity contribution in [3.05, 3.63) is 59.1 Å². The van der Waals surface area contributed by atoms with Crippen molar-refractivity contribution in [2.45, 2.75) is 18.2 Å². The molecule has 0 bridgehead atoms. The third kappa shape index (κ3) is 2.78. The fourth-order valence-corrected chi connectivity index (χ4v) is 3.99. The Balaban J connectivity index is 1.62. The minimum atomic E-state index is -0.0879. The molecule has 0 aliphatic carbocycles. The standard InChI is InChI=1S/C19H17N3O2S/c1-2-24-13-9-7-12(8-10-13)22-17(23)11-14(18(22)20)19-21-15-5-3-4-6-16(15)25-19/h3-10,20-21H,2,11H2,1H3/b19-14-,20-18?. The molecule has 0 radical (unpaired) electrons. The summed E-state index contributed by atoms with van der Waals surface area (Å²) in [7, 11) is 0. The second kappa shape index (κ2) is 6.29. The number of amidine groups is 1. The van der Waals surface area contributed by atoms with E-state index in [2.05, 4.69) is 5.32 Å². The van der Waals surface area contributed by atoms with E-state index in [-0.39, 0.29) is 18.2 Å². The van der Waals surface area contributed by atoms with E-state index in [1.165, 1.54) is 4.90 Å². The molecule has 126 valence electrons. The van der Waals surface area contributed by atoms with Crippen molar-refractivity contribution >= 4 is 34.9 Å². The van der Waals surface area contributed by atoms with Gasteiger partial charge in [-0.1, -0.05) is 23.9 Å². The van der Waals surface area contributed by atoms with Crippen molar-refractivity contribution in [2.24, 2.45) is 0 Å². The minimum Gasteiger partial charge on any atom is -0.494 e. The van der Waals surface area contributed by atoms with Gasteiger partial charge in [0.2, 0.25) is 5.91 Å². The van der Waals surface area contributed by atoms with Crippen LogP contribution in [0.3, 0.4) is 0 Å². The van der Waals surface area contributed by atoms with Gasteiger partial charge in [0.05, 0.1) is 29.4 Å². The number of anilines is 2. The maximum atomic E-state index is 12.5. The fourth-order valence-electron chi connectivity index (χ4n) is 2.95. The second-order valence-corrected chi connectivity index (χ2v) is 6.76. The van der Waals surface area contributed by atoms with Gasteiger partial charge in [0.25, 0.3) is 0 Å². The number of amides is 1. The van der Waals surface area contributed by atoms with Gasteiger partial charge in [-0.15, -0.1) is 0 Å². The van der Waals surface area contributed by atoms with Crippen LogP contribution in [0.15, 0.2) is 64.0 Å². The summed E-state index contributed by atoms with van der Waals surface area (Å²) in [6.45, 7) is 2.52. The summed E-state index contributed by atoms with van der Waals surface area (Å²) in [4.78, 5) is 15.1. The molecule has 0 unspecified atom stereocenters. The van der Waals surface area contributed by atoms with Crippen LogP contribution in [0.25, 0.3) is 0 Å². The van der Waals surface area contributed by atoms with Gasteiger partial charge < -0.3 is 10.1 Å². The molecule has 2 aliphatic rings. The molecule has 2 aromatic carbocycles. The molecule has 0 atom stereocenters. The van der Waals surface area contributed by atoms with Crippen molar-refractivity contribution in [1.29, 1.82) is 5.41 Å². The smallest absolute Gasteiger partial charge is 0.237 e. The Morgan fingerprint density at radius 1 is 1.20 bits per heavy atom. The molecule has 0 spiro atoms.